The van der Waals surface area contributed by atoms with Gasteiger partial charge in [-0.3, -0.25) is 14.3 Å². The summed E-state index contributed by atoms with van der Waals surface area (Å²) in [5, 5.41) is 14.5. The van der Waals surface area contributed by atoms with E-state index in [1.165, 1.54) is 7.11 Å². The van der Waals surface area contributed by atoms with Gasteiger partial charge in [-0.1, -0.05) is 45.0 Å². The molecule has 3 heterocycles. The Kier molecular flexibility index (Phi) is 14.0. The minimum absolute atomic E-state index is 0. The molecule has 0 aliphatic carbocycles. The Labute approximate surface area is 222 Å². The molecule has 35 heavy (non-hydrogen) atoms. The van der Waals surface area contributed by atoms with E-state index in [4.69, 9.17) is 9.82 Å². The van der Waals surface area contributed by atoms with Crippen LogP contribution in [0.2, 0.25) is 0 Å². The van der Waals surface area contributed by atoms with Crippen LogP contribution in [-0.4, -0.2) is 45.5 Å². The Morgan fingerprint density at radius 3 is 2.40 bits per heavy atom. The van der Waals surface area contributed by atoms with Crippen molar-refractivity contribution in [3.8, 4) is 5.75 Å². The van der Waals surface area contributed by atoms with Gasteiger partial charge < -0.3 is 9.94 Å². The van der Waals surface area contributed by atoms with Gasteiger partial charge in [-0.15, -0.1) is 0 Å². The number of oxime groups is 1. The van der Waals surface area contributed by atoms with Crippen molar-refractivity contribution in [2.45, 2.75) is 79.8 Å². The minimum Gasteiger partial charge on any atom is -0.507 e. The predicted octanol–water partition coefficient (Wildman–Crippen LogP) is 4.91. The first-order valence-electron chi connectivity index (χ1n) is 12.8. The largest absolute Gasteiger partial charge is 0.507 e. The number of phenolic OH excluding ortho intramolecular Hbond substituents is 1. The standard InChI is InChI=1S/C23H30N4O3.2C2H6.V/c1-16-19(23(29)27-12-6-5-9-21(27)24-16)15-26-13-10-17(11-14-26)22(25-30-2)18-7-3-4-8-20(18)28;2*1-2;/h3-4,7-8,17,28H,5-6,9-15H2,1-2H3;2*1-2H3;/b25-22-;;;. The maximum absolute atomic E-state index is 13.0. The van der Waals surface area contributed by atoms with E-state index in [9.17, 15) is 9.90 Å². The van der Waals surface area contributed by atoms with E-state index in [1.54, 1.807) is 12.1 Å². The number of nitrogens with zero attached hydrogens (tertiary/aromatic N) is 4. The third-order valence-corrected chi connectivity index (χ3v) is 6.31. The van der Waals surface area contributed by atoms with Gasteiger partial charge in [-0.05, 0) is 57.8 Å². The minimum atomic E-state index is 0. The van der Waals surface area contributed by atoms with Crippen LogP contribution in [0.25, 0.3) is 0 Å². The molecule has 2 aromatic rings. The molecule has 1 saturated heterocycles. The molecule has 193 valence electrons. The van der Waals surface area contributed by atoms with Crippen molar-refractivity contribution in [1.29, 1.82) is 0 Å². The number of hydrogen-bond acceptors (Lipinski definition) is 6. The molecule has 0 amide bonds. The molecule has 1 radical (unpaired) electrons. The molecule has 0 spiro atoms. The molecule has 2 aliphatic rings. The van der Waals surface area contributed by atoms with Crippen LogP contribution in [0.4, 0.5) is 0 Å². The zero-order valence-corrected chi connectivity index (χ0v) is 23.6. The van der Waals surface area contributed by atoms with Gasteiger partial charge >= 0.3 is 0 Å². The van der Waals surface area contributed by atoms with Crippen LogP contribution in [0.15, 0.2) is 34.2 Å². The molecule has 0 atom stereocenters. The summed E-state index contributed by atoms with van der Waals surface area (Å²) in [6.45, 7) is 13.1. The number of phenols is 1. The Bertz CT molecular complexity index is 998. The van der Waals surface area contributed by atoms with Gasteiger partial charge in [-0.2, -0.15) is 0 Å². The monoisotopic (exact) mass is 521 g/mol. The number of aryl methyl sites for hydroxylation is 2. The van der Waals surface area contributed by atoms with E-state index in [0.29, 0.717) is 6.54 Å². The van der Waals surface area contributed by atoms with Gasteiger partial charge in [0.1, 0.15) is 18.7 Å². The Morgan fingerprint density at radius 2 is 1.77 bits per heavy atom. The molecule has 2 aliphatic heterocycles. The van der Waals surface area contributed by atoms with Crippen molar-refractivity contribution in [3.05, 3.63) is 57.3 Å². The smallest absolute Gasteiger partial charge is 0.258 e. The second-order valence-corrected chi connectivity index (χ2v) is 8.23. The average molecular weight is 522 g/mol. The number of benzene rings is 1. The molecule has 0 saturated carbocycles. The molecule has 0 unspecified atom stereocenters. The summed E-state index contributed by atoms with van der Waals surface area (Å²) < 4.78 is 1.88. The quantitative estimate of drug-likeness (QED) is 0.447. The van der Waals surface area contributed by atoms with E-state index >= 15 is 0 Å². The number of para-hydroxylation sites is 1. The van der Waals surface area contributed by atoms with E-state index < -0.39 is 0 Å². The molecule has 1 fully saturated rings. The van der Waals surface area contributed by atoms with Crippen LogP contribution >= 0.6 is 0 Å². The van der Waals surface area contributed by atoms with E-state index in [1.807, 2.05) is 51.3 Å². The molecular formula is C27H42N4O3V. The van der Waals surface area contributed by atoms with Gasteiger partial charge in [0.2, 0.25) is 0 Å². The molecule has 1 aromatic heterocycles. The third kappa shape index (κ3) is 7.70. The summed E-state index contributed by atoms with van der Waals surface area (Å²) in [4.78, 5) is 25.2. The van der Waals surface area contributed by atoms with Crippen molar-refractivity contribution in [1.82, 2.24) is 14.5 Å². The molecular weight excluding hydrogens is 479 g/mol. The molecule has 8 heteroatoms. The first-order chi connectivity index (χ1) is 16.6. The SMILES string of the molecule is CC.CC.CO/N=C(\c1ccccc1O)C1CCN(Cc2c(C)nc3n(c2=O)CCCC3)CC1.[V]. The zero-order chi connectivity index (χ0) is 25.1. The van der Waals surface area contributed by atoms with Crippen LogP contribution in [0.1, 0.15) is 76.0 Å². The second-order valence-electron chi connectivity index (χ2n) is 8.23. The van der Waals surface area contributed by atoms with E-state index in [0.717, 1.165) is 80.1 Å². The number of likely N-dealkylation sites (tertiary alicyclic amines) is 1. The van der Waals surface area contributed by atoms with Gasteiger partial charge in [-0.25, -0.2) is 4.98 Å². The van der Waals surface area contributed by atoms with Gasteiger partial charge in [0.05, 0.1) is 11.3 Å². The Hall–Kier alpha value is -2.09. The van der Waals surface area contributed by atoms with Crippen molar-refractivity contribution < 1.29 is 28.5 Å². The maximum Gasteiger partial charge on any atom is 0.258 e. The fourth-order valence-electron chi connectivity index (χ4n) is 4.63. The van der Waals surface area contributed by atoms with Crippen LogP contribution in [0, 0.1) is 12.8 Å². The fourth-order valence-corrected chi connectivity index (χ4v) is 4.63. The first-order valence-corrected chi connectivity index (χ1v) is 12.8. The van der Waals surface area contributed by atoms with Crippen LogP contribution in [0.5, 0.6) is 5.75 Å². The zero-order valence-electron chi connectivity index (χ0n) is 22.3. The van der Waals surface area contributed by atoms with E-state index in [2.05, 4.69) is 10.1 Å². The number of fused-ring (bicyclic) bond motifs is 1. The van der Waals surface area contributed by atoms with Gasteiger partial charge in [0, 0.05) is 55.2 Å². The van der Waals surface area contributed by atoms with Crippen LogP contribution in [-0.2, 0) is 42.9 Å². The Balaban J connectivity index is 0.00000117. The summed E-state index contributed by atoms with van der Waals surface area (Å²) in [6, 6.07) is 7.26. The van der Waals surface area contributed by atoms with Crippen LogP contribution < -0.4 is 5.56 Å². The number of hydrogen-bond donors (Lipinski definition) is 1. The van der Waals surface area contributed by atoms with Crippen molar-refractivity contribution in [2.75, 3.05) is 20.2 Å². The third-order valence-electron chi connectivity index (χ3n) is 6.31. The topological polar surface area (TPSA) is 80.0 Å². The summed E-state index contributed by atoms with van der Waals surface area (Å²) in [6.07, 6.45) is 4.86. The van der Waals surface area contributed by atoms with Crippen molar-refractivity contribution in [2.24, 2.45) is 11.1 Å². The van der Waals surface area contributed by atoms with Gasteiger partial charge in [0.25, 0.3) is 5.56 Å². The second kappa shape index (κ2) is 15.8. The maximum atomic E-state index is 13.0. The summed E-state index contributed by atoms with van der Waals surface area (Å²) in [5.74, 6) is 1.37. The summed E-state index contributed by atoms with van der Waals surface area (Å²) >= 11 is 0. The normalized spacial score (nSPS) is 16.0. The number of aromatic nitrogens is 2. The predicted molar refractivity (Wildman–Crippen MR) is 139 cm³/mol. The van der Waals surface area contributed by atoms with Crippen molar-refractivity contribution >= 4 is 5.71 Å². The van der Waals surface area contributed by atoms with Crippen LogP contribution in [0.3, 0.4) is 0 Å². The molecule has 0 bridgehead atoms. The summed E-state index contributed by atoms with van der Waals surface area (Å²) in [7, 11) is 1.54. The number of piperidine rings is 1. The first kappa shape index (κ1) is 30.9. The molecule has 7 nitrogen and oxygen atoms in total. The molecule has 1 aromatic carbocycles. The number of rotatable bonds is 5. The number of aromatic hydroxyl groups is 1. The Morgan fingerprint density at radius 1 is 1.11 bits per heavy atom. The average Bonchev–Trinajstić information content (AvgIpc) is 2.88. The van der Waals surface area contributed by atoms with E-state index in [-0.39, 0.29) is 35.8 Å². The van der Waals surface area contributed by atoms with Gasteiger partial charge in [0.15, 0.2) is 0 Å². The van der Waals surface area contributed by atoms with Crippen molar-refractivity contribution in [3.63, 3.8) is 0 Å². The fraction of sp³-hybridized carbons (Fsp3) is 0.593. The molecule has 4 rings (SSSR count). The molecule has 1 N–H and O–H groups in total. The summed E-state index contributed by atoms with van der Waals surface area (Å²) in [5.41, 5.74) is 3.35.